The largest absolute Gasteiger partial charge is 0.476 e. The van der Waals surface area contributed by atoms with Gasteiger partial charge in [0.15, 0.2) is 5.82 Å². The monoisotopic (exact) mass is 267 g/mol. The third-order valence-corrected chi connectivity index (χ3v) is 2.82. The van der Waals surface area contributed by atoms with Gasteiger partial charge in [-0.1, -0.05) is 13.8 Å². The molecule has 6 heteroatoms. The average molecular weight is 267 g/mol. The van der Waals surface area contributed by atoms with Crippen molar-refractivity contribution in [2.75, 3.05) is 38.3 Å². The van der Waals surface area contributed by atoms with E-state index in [0.717, 1.165) is 6.54 Å². The maximum absolute atomic E-state index is 6.02. The Kier molecular flexibility index (Phi) is 5.82. The average Bonchev–Trinajstić information content (AvgIpc) is 2.32. The lowest BCUT2D eigenvalue weighted by Gasteiger charge is -2.26. The zero-order valence-corrected chi connectivity index (χ0v) is 12.5. The fourth-order valence-corrected chi connectivity index (χ4v) is 1.74. The predicted octanol–water partition coefficient (Wildman–Crippen LogP) is 1.46. The van der Waals surface area contributed by atoms with Crippen LogP contribution in [0.5, 0.6) is 5.88 Å². The fourth-order valence-electron chi connectivity index (χ4n) is 1.74. The number of nitrogen functional groups attached to an aromatic ring is 1. The molecule has 108 valence electrons. The highest BCUT2D eigenvalue weighted by Gasteiger charge is 2.17. The van der Waals surface area contributed by atoms with Crippen LogP contribution in [0.2, 0.25) is 0 Å². The van der Waals surface area contributed by atoms with Gasteiger partial charge < -0.3 is 20.7 Å². The van der Waals surface area contributed by atoms with E-state index in [1.54, 1.807) is 0 Å². The Morgan fingerprint density at radius 1 is 1.37 bits per heavy atom. The number of ether oxygens (including phenoxy) is 1. The molecule has 0 radical (unpaired) electrons. The van der Waals surface area contributed by atoms with E-state index in [2.05, 4.69) is 34.0 Å². The molecule has 0 fully saturated rings. The van der Waals surface area contributed by atoms with E-state index in [-0.39, 0.29) is 6.04 Å². The number of nitrogens with two attached hydrogens (primary N) is 1. The minimum atomic E-state index is 0.265. The van der Waals surface area contributed by atoms with Crippen molar-refractivity contribution in [2.45, 2.75) is 26.8 Å². The molecule has 0 bridgehead atoms. The fraction of sp³-hybridized carbons (Fsp3) is 0.692. The molecule has 0 amide bonds. The van der Waals surface area contributed by atoms with E-state index in [0.29, 0.717) is 29.9 Å². The molecule has 6 nitrogen and oxygen atoms in total. The van der Waals surface area contributed by atoms with Gasteiger partial charge in [-0.3, -0.25) is 0 Å². The van der Waals surface area contributed by atoms with Crippen LogP contribution in [0.1, 0.15) is 20.8 Å². The SMILES string of the molecule is CCOc1ncnc(NC(CN(C)C)C(C)C)c1N. The summed E-state index contributed by atoms with van der Waals surface area (Å²) in [5.41, 5.74) is 6.49. The molecule has 0 saturated heterocycles. The molecule has 1 atom stereocenters. The van der Waals surface area contributed by atoms with Crippen molar-refractivity contribution >= 4 is 11.5 Å². The first-order chi connectivity index (χ1) is 8.95. The minimum Gasteiger partial charge on any atom is -0.476 e. The maximum atomic E-state index is 6.02. The van der Waals surface area contributed by atoms with Gasteiger partial charge in [-0.05, 0) is 26.9 Å². The number of likely N-dealkylation sites (N-methyl/N-ethyl adjacent to an activating group) is 1. The van der Waals surface area contributed by atoms with Crippen molar-refractivity contribution in [3.8, 4) is 5.88 Å². The number of hydrogen-bond acceptors (Lipinski definition) is 6. The maximum Gasteiger partial charge on any atom is 0.242 e. The second-order valence-corrected chi connectivity index (χ2v) is 5.13. The quantitative estimate of drug-likeness (QED) is 0.779. The Balaban J connectivity index is 2.87. The van der Waals surface area contributed by atoms with Crippen LogP contribution >= 0.6 is 0 Å². The van der Waals surface area contributed by atoms with Crippen LogP contribution in [0.4, 0.5) is 11.5 Å². The number of nitrogens with one attached hydrogen (secondary N) is 1. The molecule has 0 saturated carbocycles. The lowest BCUT2D eigenvalue weighted by atomic mass is 10.0. The first-order valence-electron chi connectivity index (χ1n) is 6.60. The standard InChI is InChI=1S/C13H25N5O/c1-6-19-13-11(14)12(15-8-16-13)17-10(9(2)3)7-18(4)5/h8-10H,6-7,14H2,1-5H3,(H,15,16,17). The molecule has 0 spiro atoms. The van der Waals surface area contributed by atoms with Crippen molar-refractivity contribution in [3.63, 3.8) is 0 Å². The third-order valence-electron chi connectivity index (χ3n) is 2.82. The molecule has 0 aliphatic carbocycles. The lowest BCUT2D eigenvalue weighted by molar-refractivity contribution is 0.327. The van der Waals surface area contributed by atoms with Crippen LogP contribution in [0.25, 0.3) is 0 Å². The van der Waals surface area contributed by atoms with Crippen LogP contribution in [0.3, 0.4) is 0 Å². The first kappa shape index (κ1) is 15.5. The van der Waals surface area contributed by atoms with E-state index in [4.69, 9.17) is 10.5 Å². The highest BCUT2D eigenvalue weighted by Crippen LogP contribution is 2.25. The summed E-state index contributed by atoms with van der Waals surface area (Å²) in [7, 11) is 4.10. The molecule has 1 unspecified atom stereocenters. The van der Waals surface area contributed by atoms with Crippen molar-refractivity contribution < 1.29 is 4.74 Å². The Morgan fingerprint density at radius 2 is 2.05 bits per heavy atom. The number of aromatic nitrogens is 2. The molecule has 0 aliphatic heterocycles. The van der Waals surface area contributed by atoms with E-state index in [9.17, 15) is 0 Å². The highest BCUT2D eigenvalue weighted by atomic mass is 16.5. The molecular formula is C13H25N5O. The van der Waals surface area contributed by atoms with Crippen molar-refractivity contribution in [1.29, 1.82) is 0 Å². The molecule has 3 N–H and O–H groups in total. The van der Waals surface area contributed by atoms with Crippen LogP contribution in [0, 0.1) is 5.92 Å². The smallest absolute Gasteiger partial charge is 0.242 e. The van der Waals surface area contributed by atoms with Gasteiger partial charge in [0, 0.05) is 12.6 Å². The van der Waals surface area contributed by atoms with E-state index < -0.39 is 0 Å². The molecule has 0 aliphatic rings. The van der Waals surface area contributed by atoms with Crippen LogP contribution in [-0.4, -0.2) is 48.2 Å². The molecule has 1 rings (SSSR count). The molecule has 19 heavy (non-hydrogen) atoms. The predicted molar refractivity (Wildman–Crippen MR) is 78.4 cm³/mol. The van der Waals surface area contributed by atoms with Gasteiger partial charge in [0.05, 0.1) is 6.61 Å². The van der Waals surface area contributed by atoms with Gasteiger partial charge in [0.1, 0.15) is 12.0 Å². The number of rotatable bonds is 7. The molecule has 1 heterocycles. The summed E-state index contributed by atoms with van der Waals surface area (Å²) < 4.78 is 5.37. The van der Waals surface area contributed by atoms with Gasteiger partial charge in [0.25, 0.3) is 0 Å². The van der Waals surface area contributed by atoms with Crippen molar-refractivity contribution in [1.82, 2.24) is 14.9 Å². The number of hydrogen-bond donors (Lipinski definition) is 2. The van der Waals surface area contributed by atoms with Gasteiger partial charge in [-0.2, -0.15) is 4.98 Å². The minimum absolute atomic E-state index is 0.265. The van der Waals surface area contributed by atoms with Crippen molar-refractivity contribution in [2.24, 2.45) is 5.92 Å². The number of nitrogens with zero attached hydrogens (tertiary/aromatic N) is 3. The molecule has 1 aromatic heterocycles. The van der Waals surface area contributed by atoms with E-state index >= 15 is 0 Å². The van der Waals surface area contributed by atoms with Crippen LogP contribution < -0.4 is 15.8 Å². The molecule has 0 aromatic carbocycles. The summed E-state index contributed by atoms with van der Waals surface area (Å²) in [6.45, 7) is 7.68. The van der Waals surface area contributed by atoms with Gasteiger partial charge in [-0.25, -0.2) is 4.98 Å². The van der Waals surface area contributed by atoms with Gasteiger partial charge >= 0.3 is 0 Å². The van der Waals surface area contributed by atoms with Crippen molar-refractivity contribution in [3.05, 3.63) is 6.33 Å². The zero-order chi connectivity index (χ0) is 14.4. The summed E-state index contributed by atoms with van der Waals surface area (Å²) in [6.07, 6.45) is 1.47. The highest BCUT2D eigenvalue weighted by molar-refractivity contribution is 5.66. The first-order valence-corrected chi connectivity index (χ1v) is 6.60. The molecular weight excluding hydrogens is 242 g/mol. The van der Waals surface area contributed by atoms with E-state index in [1.165, 1.54) is 6.33 Å². The summed E-state index contributed by atoms with van der Waals surface area (Å²) in [5.74, 6) is 1.54. The summed E-state index contributed by atoms with van der Waals surface area (Å²) in [4.78, 5) is 10.4. The third kappa shape index (κ3) is 4.55. The van der Waals surface area contributed by atoms with Crippen LogP contribution in [-0.2, 0) is 0 Å². The summed E-state index contributed by atoms with van der Waals surface area (Å²) in [6, 6.07) is 0.265. The van der Waals surface area contributed by atoms with E-state index in [1.807, 2.05) is 21.0 Å². The second kappa shape index (κ2) is 7.13. The van der Waals surface area contributed by atoms with Gasteiger partial charge in [0.2, 0.25) is 5.88 Å². The molecule has 1 aromatic rings. The van der Waals surface area contributed by atoms with Crippen LogP contribution in [0.15, 0.2) is 6.33 Å². The Hall–Kier alpha value is -1.56. The Morgan fingerprint density at radius 3 is 2.58 bits per heavy atom. The van der Waals surface area contributed by atoms with Gasteiger partial charge in [-0.15, -0.1) is 0 Å². The number of anilines is 2. The summed E-state index contributed by atoms with van der Waals surface area (Å²) >= 11 is 0. The zero-order valence-electron chi connectivity index (χ0n) is 12.5. The summed E-state index contributed by atoms with van der Waals surface area (Å²) in [5, 5.41) is 3.38. The Labute approximate surface area is 115 Å². The lowest BCUT2D eigenvalue weighted by Crippen LogP contribution is -2.37. The Bertz CT molecular complexity index is 395. The normalized spacial score (nSPS) is 12.8. The second-order valence-electron chi connectivity index (χ2n) is 5.13. The topological polar surface area (TPSA) is 76.3 Å².